The molecule has 2 aromatic rings. The van der Waals surface area contributed by atoms with Gasteiger partial charge in [-0.2, -0.15) is 4.72 Å². The summed E-state index contributed by atoms with van der Waals surface area (Å²) in [6, 6.07) is 8.48. The standard InChI is InChI=1S/C18H16F2N2O3S/c1-3-9-21-26(24,25)16-6-4-5-13(10-16)18(23)22(2)12-14-7-8-15(19)11-17(14)20/h1,4-8,10-11,21H,9,12H2,2H3. The Morgan fingerprint density at radius 1 is 1.23 bits per heavy atom. The molecule has 5 nitrogen and oxygen atoms in total. The van der Waals surface area contributed by atoms with Crippen LogP contribution in [-0.2, 0) is 16.6 Å². The highest BCUT2D eigenvalue weighted by molar-refractivity contribution is 7.89. The summed E-state index contributed by atoms with van der Waals surface area (Å²) in [5, 5.41) is 0. The molecule has 0 radical (unpaired) electrons. The van der Waals surface area contributed by atoms with Crippen LogP contribution in [0.2, 0.25) is 0 Å². The van der Waals surface area contributed by atoms with Gasteiger partial charge in [-0.25, -0.2) is 17.2 Å². The molecule has 0 aliphatic heterocycles. The Hall–Kier alpha value is -2.76. The van der Waals surface area contributed by atoms with Gasteiger partial charge in [-0.05, 0) is 24.3 Å². The zero-order chi connectivity index (χ0) is 19.3. The summed E-state index contributed by atoms with van der Waals surface area (Å²) in [5.74, 6) is 0.172. The van der Waals surface area contributed by atoms with Gasteiger partial charge in [0.2, 0.25) is 10.0 Å². The largest absolute Gasteiger partial charge is 0.337 e. The molecular formula is C18H16F2N2O3S. The minimum atomic E-state index is -3.84. The molecule has 0 heterocycles. The lowest BCUT2D eigenvalue weighted by atomic mass is 10.1. The van der Waals surface area contributed by atoms with Gasteiger partial charge in [0.25, 0.3) is 5.91 Å². The SMILES string of the molecule is C#CCNS(=O)(=O)c1cccc(C(=O)N(C)Cc2ccc(F)cc2F)c1. The van der Waals surface area contributed by atoms with E-state index < -0.39 is 27.6 Å². The van der Waals surface area contributed by atoms with Crippen LogP contribution in [0.4, 0.5) is 8.78 Å². The minimum Gasteiger partial charge on any atom is -0.337 e. The molecule has 0 aliphatic carbocycles. The second-order valence-electron chi connectivity index (χ2n) is 5.45. The molecule has 0 saturated heterocycles. The molecule has 0 aliphatic rings. The molecule has 2 rings (SSSR count). The van der Waals surface area contributed by atoms with Gasteiger partial charge in [0.05, 0.1) is 11.4 Å². The molecule has 0 aromatic heterocycles. The van der Waals surface area contributed by atoms with Crippen LogP contribution in [0.3, 0.4) is 0 Å². The third-order valence-corrected chi connectivity index (χ3v) is 4.92. The van der Waals surface area contributed by atoms with Crippen molar-refractivity contribution in [3.63, 3.8) is 0 Å². The van der Waals surface area contributed by atoms with E-state index in [0.29, 0.717) is 0 Å². The number of rotatable bonds is 6. The molecule has 0 bridgehead atoms. The Balaban J connectivity index is 2.21. The summed E-state index contributed by atoms with van der Waals surface area (Å²) in [7, 11) is -2.41. The summed E-state index contributed by atoms with van der Waals surface area (Å²) in [6.45, 7) is -0.276. The Labute approximate surface area is 150 Å². The van der Waals surface area contributed by atoms with E-state index in [1.54, 1.807) is 0 Å². The molecule has 0 unspecified atom stereocenters. The van der Waals surface area contributed by atoms with E-state index in [4.69, 9.17) is 6.42 Å². The number of nitrogens with one attached hydrogen (secondary N) is 1. The van der Waals surface area contributed by atoms with Crippen LogP contribution in [0.1, 0.15) is 15.9 Å². The van der Waals surface area contributed by atoms with Crippen LogP contribution >= 0.6 is 0 Å². The van der Waals surface area contributed by atoms with E-state index in [1.807, 2.05) is 0 Å². The first-order valence-corrected chi connectivity index (χ1v) is 8.95. The van der Waals surface area contributed by atoms with E-state index in [1.165, 1.54) is 42.3 Å². The molecule has 136 valence electrons. The summed E-state index contributed by atoms with van der Waals surface area (Å²) < 4.78 is 53.1. The van der Waals surface area contributed by atoms with Gasteiger partial charge in [0, 0.05) is 30.8 Å². The fourth-order valence-electron chi connectivity index (χ4n) is 2.21. The zero-order valence-corrected chi connectivity index (χ0v) is 14.7. The van der Waals surface area contributed by atoms with Crippen LogP contribution in [0.5, 0.6) is 0 Å². The monoisotopic (exact) mass is 378 g/mol. The van der Waals surface area contributed by atoms with Gasteiger partial charge in [0.1, 0.15) is 11.6 Å². The van der Waals surface area contributed by atoms with Crippen molar-refractivity contribution >= 4 is 15.9 Å². The number of benzene rings is 2. The molecular weight excluding hydrogens is 362 g/mol. The van der Waals surface area contributed by atoms with Crippen molar-refractivity contribution < 1.29 is 22.0 Å². The highest BCUT2D eigenvalue weighted by atomic mass is 32.2. The zero-order valence-electron chi connectivity index (χ0n) is 13.9. The van der Waals surface area contributed by atoms with Crippen LogP contribution in [-0.4, -0.2) is 32.8 Å². The Bertz CT molecular complexity index is 969. The molecule has 0 fully saturated rings. The number of halogens is 2. The van der Waals surface area contributed by atoms with Gasteiger partial charge in [-0.1, -0.05) is 18.1 Å². The maximum absolute atomic E-state index is 13.7. The number of nitrogens with zero attached hydrogens (tertiary/aromatic N) is 1. The molecule has 26 heavy (non-hydrogen) atoms. The summed E-state index contributed by atoms with van der Waals surface area (Å²) in [4.78, 5) is 13.6. The summed E-state index contributed by atoms with van der Waals surface area (Å²) >= 11 is 0. The Kier molecular flexibility index (Phi) is 6.08. The second-order valence-corrected chi connectivity index (χ2v) is 7.22. The van der Waals surface area contributed by atoms with Crippen LogP contribution in [0.15, 0.2) is 47.4 Å². The molecule has 1 N–H and O–H groups in total. The first kappa shape index (κ1) is 19.6. The number of hydrogen-bond donors (Lipinski definition) is 1. The molecule has 1 amide bonds. The number of carbonyl (C=O) groups is 1. The fourth-order valence-corrected chi connectivity index (χ4v) is 3.19. The van der Waals surface area contributed by atoms with E-state index >= 15 is 0 Å². The molecule has 8 heteroatoms. The lowest BCUT2D eigenvalue weighted by Crippen LogP contribution is -2.28. The van der Waals surface area contributed by atoms with Gasteiger partial charge in [-0.3, -0.25) is 4.79 Å². The highest BCUT2D eigenvalue weighted by Gasteiger charge is 2.18. The number of amides is 1. The minimum absolute atomic E-state index is 0.0999. The molecule has 0 saturated carbocycles. The quantitative estimate of drug-likeness (QED) is 0.784. The lowest BCUT2D eigenvalue weighted by Gasteiger charge is -2.18. The number of terminal acetylenes is 1. The van der Waals surface area contributed by atoms with Crippen molar-refractivity contribution in [2.24, 2.45) is 0 Å². The van der Waals surface area contributed by atoms with Crippen LogP contribution < -0.4 is 4.72 Å². The predicted octanol–water partition coefficient (Wildman–Crippen LogP) is 2.15. The Morgan fingerprint density at radius 3 is 2.62 bits per heavy atom. The first-order chi connectivity index (χ1) is 12.2. The van der Waals surface area contributed by atoms with Gasteiger partial charge in [-0.15, -0.1) is 6.42 Å². The fraction of sp³-hybridized carbons (Fsp3) is 0.167. The average molecular weight is 378 g/mol. The van der Waals surface area contributed by atoms with Crippen molar-refractivity contribution in [1.29, 1.82) is 0 Å². The molecule has 2 aromatic carbocycles. The van der Waals surface area contributed by atoms with Crippen molar-refractivity contribution in [2.45, 2.75) is 11.4 Å². The number of sulfonamides is 1. The van der Waals surface area contributed by atoms with Crippen LogP contribution in [0, 0.1) is 24.0 Å². The summed E-state index contributed by atoms with van der Waals surface area (Å²) in [6.07, 6.45) is 5.03. The summed E-state index contributed by atoms with van der Waals surface area (Å²) in [5.41, 5.74) is 0.250. The van der Waals surface area contributed by atoms with Crippen molar-refractivity contribution in [2.75, 3.05) is 13.6 Å². The Morgan fingerprint density at radius 2 is 1.96 bits per heavy atom. The van der Waals surface area contributed by atoms with E-state index in [9.17, 15) is 22.0 Å². The topological polar surface area (TPSA) is 66.5 Å². The number of hydrogen-bond acceptors (Lipinski definition) is 3. The maximum atomic E-state index is 13.7. The predicted molar refractivity (Wildman–Crippen MR) is 92.6 cm³/mol. The van der Waals surface area contributed by atoms with E-state index in [0.717, 1.165) is 12.1 Å². The van der Waals surface area contributed by atoms with Crippen molar-refractivity contribution in [3.8, 4) is 12.3 Å². The van der Waals surface area contributed by atoms with E-state index in [-0.39, 0.29) is 29.1 Å². The lowest BCUT2D eigenvalue weighted by molar-refractivity contribution is 0.0783. The molecule has 0 spiro atoms. The third kappa shape index (κ3) is 4.65. The van der Waals surface area contributed by atoms with Crippen LogP contribution in [0.25, 0.3) is 0 Å². The normalized spacial score (nSPS) is 11.0. The van der Waals surface area contributed by atoms with Gasteiger partial charge in [0.15, 0.2) is 0 Å². The second kappa shape index (κ2) is 8.08. The van der Waals surface area contributed by atoms with E-state index in [2.05, 4.69) is 10.6 Å². The van der Waals surface area contributed by atoms with Crippen molar-refractivity contribution in [3.05, 3.63) is 65.2 Å². The first-order valence-electron chi connectivity index (χ1n) is 7.47. The van der Waals surface area contributed by atoms with Gasteiger partial charge < -0.3 is 4.90 Å². The third-order valence-electron chi connectivity index (χ3n) is 3.52. The average Bonchev–Trinajstić information content (AvgIpc) is 2.61. The number of carbonyl (C=O) groups excluding carboxylic acids is 1. The maximum Gasteiger partial charge on any atom is 0.253 e. The van der Waals surface area contributed by atoms with Gasteiger partial charge >= 0.3 is 0 Å². The van der Waals surface area contributed by atoms with Crippen molar-refractivity contribution in [1.82, 2.24) is 9.62 Å². The molecule has 0 atom stereocenters. The highest BCUT2D eigenvalue weighted by Crippen LogP contribution is 2.16. The smallest absolute Gasteiger partial charge is 0.253 e.